The van der Waals surface area contributed by atoms with Gasteiger partial charge in [0.15, 0.2) is 6.61 Å². The van der Waals surface area contributed by atoms with Crippen molar-refractivity contribution in [2.45, 2.75) is 78.4 Å². The molecule has 1 N–H and O–H groups in total. The number of hydrogen-bond acceptors (Lipinski definition) is 3. The molecule has 6 heteroatoms. The van der Waals surface area contributed by atoms with E-state index in [4.69, 9.17) is 16.3 Å². The first-order valence-corrected chi connectivity index (χ1v) is 12.0. The lowest BCUT2D eigenvalue weighted by Gasteiger charge is -2.31. The minimum atomic E-state index is -0.589. The molecule has 2 atom stereocenters. The summed E-state index contributed by atoms with van der Waals surface area (Å²) < 4.78 is 5.81. The number of halogens is 1. The Morgan fingerprint density at radius 2 is 1.61 bits per heavy atom. The van der Waals surface area contributed by atoms with Gasteiger partial charge in [0.2, 0.25) is 5.91 Å². The first-order valence-electron chi connectivity index (χ1n) is 11.6. The second kappa shape index (κ2) is 12.1. The van der Waals surface area contributed by atoms with Crippen molar-refractivity contribution in [1.29, 1.82) is 0 Å². The van der Waals surface area contributed by atoms with E-state index in [0.29, 0.717) is 23.7 Å². The molecule has 0 fully saturated rings. The number of benzene rings is 2. The Balaban J connectivity index is 2.19. The monoisotopic (exact) mass is 472 g/mol. The van der Waals surface area contributed by atoms with Gasteiger partial charge < -0.3 is 15.0 Å². The average molecular weight is 473 g/mol. The summed E-state index contributed by atoms with van der Waals surface area (Å²) in [6.45, 7) is 12.5. The van der Waals surface area contributed by atoms with Gasteiger partial charge in [0.05, 0.1) is 0 Å². The van der Waals surface area contributed by atoms with Crippen LogP contribution in [0.5, 0.6) is 5.75 Å². The Morgan fingerprint density at radius 1 is 1.00 bits per heavy atom. The Morgan fingerprint density at radius 3 is 2.12 bits per heavy atom. The number of carbonyl (C=O) groups excluding carboxylic acids is 2. The molecule has 0 aliphatic carbocycles. The van der Waals surface area contributed by atoms with Crippen molar-refractivity contribution in [3.8, 4) is 5.75 Å². The van der Waals surface area contributed by atoms with Gasteiger partial charge in [0, 0.05) is 17.6 Å². The van der Waals surface area contributed by atoms with Crippen LogP contribution < -0.4 is 10.1 Å². The van der Waals surface area contributed by atoms with Crippen molar-refractivity contribution in [2.75, 3.05) is 6.61 Å². The van der Waals surface area contributed by atoms with E-state index in [2.05, 4.69) is 26.1 Å². The molecule has 5 nitrogen and oxygen atoms in total. The molecule has 2 rings (SSSR count). The molecule has 2 aromatic rings. The van der Waals surface area contributed by atoms with E-state index >= 15 is 0 Å². The molecule has 0 aliphatic heterocycles. The highest BCUT2D eigenvalue weighted by Gasteiger charge is 2.29. The van der Waals surface area contributed by atoms with Crippen LogP contribution in [-0.2, 0) is 21.5 Å². The number of ether oxygens (including phenoxy) is 1. The van der Waals surface area contributed by atoms with Crippen molar-refractivity contribution in [1.82, 2.24) is 10.2 Å². The Hall–Kier alpha value is -2.53. The minimum Gasteiger partial charge on any atom is -0.484 e. The molecule has 0 radical (unpaired) electrons. The molecule has 180 valence electrons. The van der Waals surface area contributed by atoms with Gasteiger partial charge in [-0.15, -0.1) is 0 Å². The summed E-state index contributed by atoms with van der Waals surface area (Å²) in [6, 6.07) is 14.5. The SMILES string of the molecule is CCC(C)NC(=O)C(CC)N(Cc1ccc(Cl)cc1)C(=O)COc1ccc(C(C)(C)C)cc1. The largest absolute Gasteiger partial charge is 0.484 e. The molecular formula is C27H37ClN2O3. The third kappa shape index (κ3) is 8.08. The summed E-state index contributed by atoms with van der Waals surface area (Å²) in [5.74, 6) is 0.236. The minimum absolute atomic E-state index is 0.0385. The summed E-state index contributed by atoms with van der Waals surface area (Å²) in [5.41, 5.74) is 2.14. The number of amides is 2. The average Bonchev–Trinajstić information content (AvgIpc) is 2.78. The van der Waals surface area contributed by atoms with E-state index in [1.807, 2.05) is 57.2 Å². The van der Waals surface area contributed by atoms with Crippen LogP contribution in [0.3, 0.4) is 0 Å². The van der Waals surface area contributed by atoms with Crippen LogP contribution in [0.4, 0.5) is 0 Å². The molecule has 0 bridgehead atoms. The van der Waals surface area contributed by atoms with Gasteiger partial charge in [-0.3, -0.25) is 9.59 Å². The lowest BCUT2D eigenvalue weighted by atomic mass is 9.87. The summed E-state index contributed by atoms with van der Waals surface area (Å²) in [4.78, 5) is 27.8. The third-order valence-corrected chi connectivity index (χ3v) is 5.99. The van der Waals surface area contributed by atoms with Crippen LogP contribution in [0, 0.1) is 0 Å². The molecule has 2 unspecified atom stereocenters. The van der Waals surface area contributed by atoms with Gasteiger partial charge in [0.25, 0.3) is 5.91 Å². The molecule has 33 heavy (non-hydrogen) atoms. The van der Waals surface area contributed by atoms with Gasteiger partial charge in [-0.1, -0.05) is 70.5 Å². The predicted octanol–water partition coefficient (Wildman–Crippen LogP) is 5.74. The highest BCUT2D eigenvalue weighted by Crippen LogP contribution is 2.24. The van der Waals surface area contributed by atoms with Gasteiger partial charge in [0.1, 0.15) is 11.8 Å². The Bertz CT molecular complexity index is 904. The fourth-order valence-electron chi connectivity index (χ4n) is 3.43. The summed E-state index contributed by atoms with van der Waals surface area (Å²) >= 11 is 6.02. The van der Waals surface area contributed by atoms with Crippen molar-refractivity contribution < 1.29 is 14.3 Å². The maximum atomic E-state index is 13.3. The topological polar surface area (TPSA) is 58.6 Å². The quantitative estimate of drug-likeness (QED) is 0.479. The molecular weight excluding hydrogens is 436 g/mol. The van der Waals surface area contributed by atoms with E-state index in [1.54, 1.807) is 17.0 Å². The molecule has 2 aromatic carbocycles. The molecule has 2 amide bonds. The Labute approximate surface area is 203 Å². The van der Waals surface area contributed by atoms with E-state index in [-0.39, 0.29) is 29.9 Å². The summed E-state index contributed by atoms with van der Waals surface area (Å²) in [5, 5.41) is 3.64. The lowest BCUT2D eigenvalue weighted by molar-refractivity contribution is -0.143. The number of nitrogens with zero attached hydrogens (tertiary/aromatic N) is 1. The van der Waals surface area contributed by atoms with Crippen LogP contribution in [0.15, 0.2) is 48.5 Å². The van der Waals surface area contributed by atoms with Crippen LogP contribution in [0.1, 0.15) is 65.5 Å². The van der Waals surface area contributed by atoms with E-state index in [9.17, 15) is 9.59 Å². The molecule has 0 saturated carbocycles. The maximum absolute atomic E-state index is 13.3. The Kier molecular flexibility index (Phi) is 9.78. The number of nitrogens with one attached hydrogen (secondary N) is 1. The molecule has 0 spiro atoms. The van der Waals surface area contributed by atoms with Crippen LogP contribution >= 0.6 is 11.6 Å². The predicted molar refractivity (Wildman–Crippen MR) is 135 cm³/mol. The lowest BCUT2D eigenvalue weighted by Crippen LogP contribution is -2.51. The fraction of sp³-hybridized carbons (Fsp3) is 0.481. The molecule has 0 heterocycles. The third-order valence-electron chi connectivity index (χ3n) is 5.74. The molecule has 0 saturated heterocycles. The normalized spacial score (nSPS) is 13.2. The smallest absolute Gasteiger partial charge is 0.261 e. The highest BCUT2D eigenvalue weighted by atomic mass is 35.5. The zero-order valence-electron chi connectivity index (χ0n) is 20.7. The van der Waals surface area contributed by atoms with E-state index in [1.165, 1.54) is 5.56 Å². The van der Waals surface area contributed by atoms with Gasteiger partial charge in [-0.2, -0.15) is 0 Å². The molecule has 0 aromatic heterocycles. The maximum Gasteiger partial charge on any atom is 0.261 e. The first-order chi connectivity index (χ1) is 15.5. The zero-order chi connectivity index (χ0) is 24.6. The second-order valence-electron chi connectivity index (χ2n) is 9.45. The fourth-order valence-corrected chi connectivity index (χ4v) is 3.55. The van der Waals surface area contributed by atoms with Crippen LogP contribution in [0.2, 0.25) is 5.02 Å². The van der Waals surface area contributed by atoms with Gasteiger partial charge >= 0.3 is 0 Å². The van der Waals surface area contributed by atoms with Crippen molar-refractivity contribution in [2.24, 2.45) is 0 Å². The standard InChI is InChI=1S/C27H37ClN2O3/c1-7-19(3)29-26(32)24(8-2)30(17-20-9-13-22(28)14-10-20)25(31)18-33-23-15-11-21(12-16-23)27(4,5)6/h9-16,19,24H,7-8,17-18H2,1-6H3,(H,29,32). The van der Waals surface area contributed by atoms with Gasteiger partial charge in [-0.05, 0) is 60.6 Å². The first kappa shape index (κ1) is 26.7. The number of carbonyl (C=O) groups is 2. The number of rotatable bonds is 10. The summed E-state index contributed by atoms with van der Waals surface area (Å²) in [7, 11) is 0. The van der Waals surface area contributed by atoms with Crippen LogP contribution in [-0.4, -0.2) is 35.4 Å². The van der Waals surface area contributed by atoms with Crippen molar-refractivity contribution in [3.05, 3.63) is 64.7 Å². The van der Waals surface area contributed by atoms with Crippen molar-refractivity contribution in [3.63, 3.8) is 0 Å². The van der Waals surface area contributed by atoms with Gasteiger partial charge in [-0.25, -0.2) is 0 Å². The van der Waals surface area contributed by atoms with E-state index < -0.39 is 6.04 Å². The second-order valence-corrected chi connectivity index (χ2v) is 9.89. The van der Waals surface area contributed by atoms with Crippen LogP contribution in [0.25, 0.3) is 0 Å². The summed E-state index contributed by atoms with van der Waals surface area (Å²) in [6.07, 6.45) is 1.32. The zero-order valence-corrected chi connectivity index (χ0v) is 21.4. The van der Waals surface area contributed by atoms with Crippen molar-refractivity contribution >= 4 is 23.4 Å². The molecule has 0 aliphatic rings. The number of hydrogen-bond donors (Lipinski definition) is 1. The van der Waals surface area contributed by atoms with E-state index in [0.717, 1.165) is 12.0 Å². The highest BCUT2D eigenvalue weighted by molar-refractivity contribution is 6.30.